The Morgan fingerprint density at radius 2 is 1.66 bits per heavy atom. The van der Waals surface area contributed by atoms with Crippen molar-refractivity contribution in [2.75, 3.05) is 12.0 Å². The fourth-order valence-corrected chi connectivity index (χ4v) is 4.66. The van der Waals surface area contributed by atoms with Crippen LogP contribution in [0.2, 0.25) is 0 Å². The van der Waals surface area contributed by atoms with Crippen LogP contribution < -0.4 is 27.4 Å². The standard InChI is InChI=1S/C26H34N8O6S/c1-41-7-6-19(24(37)34-21(26(39)40)10-22(28)35)32-25(38)20(9-15-12-29-13-31-15)33-23(36)17(27)8-14-11-30-18-5-3-2-4-16(14)18/h2-5,11-13,17,19-21,30H,6-10,27H2,1H3,(H2,28,35)(H,29,31)(H,32,38)(H,33,36)(H,34,37)(H,39,40). The van der Waals surface area contributed by atoms with E-state index < -0.39 is 60.2 Å². The van der Waals surface area contributed by atoms with E-state index in [4.69, 9.17) is 11.5 Å². The lowest BCUT2D eigenvalue weighted by Crippen LogP contribution is -2.58. The first kappa shape index (κ1) is 31.2. The van der Waals surface area contributed by atoms with Crippen molar-refractivity contribution in [3.8, 4) is 0 Å². The molecule has 4 atom stereocenters. The average molecular weight is 587 g/mol. The van der Waals surface area contributed by atoms with Crippen LogP contribution in [0.1, 0.15) is 24.1 Å². The molecule has 2 aromatic heterocycles. The van der Waals surface area contributed by atoms with Crippen molar-refractivity contribution in [3.63, 3.8) is 0 Å². The average Bonchev–Trinajstić information content (AvgIpc) is 3.59. The maximum Gasteiger partial charge on any atom is 0.326 e. The maximum absolute atomic E-state index is 13.4. The van der Waals surface area contributed by atoms with Crippen LogP contribution in [0, 0.1) is 0 Å². The number of thioether (sulfide) groups is 1. The molecule has 2 heterocycles. The number of para-hydroxylation sites is 1. The Bertz CT molecular complexity index is 1360. The number of fused-ring (bicyclic) bond motifs is 1. The molecule has 15 heteroatoms. The molecule has 4 unspecified atom stereocenters. The number of nitrogens with zero attached hydrogens (tertiary/aromatic N) is 1. The van der Waals surface area contributed by atoms with Gasteiger partial charge in [0.05, 0.1) is 18.8 Å². The number of rotatable bonds is 16. The lowest BCUT2D eigenvalue weighted by Gasteiger charge is -2.25. The highest BCUT2D eigenvalue weighted by atomic mass is 32.2. The normalized spacial score (nSPS) is 14.0. The maximum atomic E-state index is 13.4. The van der Waals surface area contributed by atoms with Crippen molar-refractivity contribution in [2.45, 2.75) is 49.9 Å². The molecule has 1 aromatic carbocycles. The topological polar surface area (TPSA) is 238 Å². The Morgan fingerprint density at radius 1 is 0.976 bits per heavy atom. The minimum atomic E-state index is -1.56. The number of imidazole rings is 1. The Balaban J connectivity index is 1.74. The molecule has 3 aromatic rings. The predicted molar refractivity (Wildman–Crippen MR) is 153 cm³/mol. The largest absolute Gasteiger partial charge is 0.480 e. The van der Waals surface area contributed by atoms with E-state index in [9.17, 15) is 29.1 Å². The molecular weight excluding hydrogens is 552 g/mol. The number of primary amides is 1. The number of carbonyl (C=O) groups is 5. The third kappa shape index (κ3) is 9.08. The number of hydrogen-bond donors (Lipinski definition) is 8. The summed E-state index contributed by atoms with van der Waals surface area (Å²) in [6.45, 7) is 0. The first-order chi connectivity index (χ1) is 19.6. The number of carboxylic acid groups (broad SMARTS) is 1. The van der Waals surface area contributed by atoms with Crippen molar-refractivity contribution >= 4 is 52.3 Å². The van der Waals surface area contributed by atoms with Gasteiger partial charge in [-0.3, -0.25) is 19.2 Å². The van der Waals surface area contributed by atoms with Crippen molar-refractivity contribution in [1.82, 2.24) is 30.9 Å². The third-order valence-electron chi connectivity index (χ3n) is 6.33. The molecule has 0 saturated heterocycles. The summed E-state index contributed by atoms with van der Waals surface area (Å²) >= 11 is 1.42. The van der Waals surface area contributed by atoms with Crippen LogP contribution in [0.25, 0.3) is 10.9 Å². The van der Waals surface area contributed by atoms with Gasteiger partial charge >= 0.3 is 5.97 Å². The van der Waals surface area contributed by atoms with E-state index in [1.807, 2.05) is 24.3 Å². The van der Waals surface area contributed by atoms with E-state index in [0.29, 0.717) is 11.4 Å². The summed E-state index contributed by atoms with van der Waals surface area (Å²) in [6.07, 6.45) is 6.29. The Kier molecular flexibility index (Phi) is 11.3. The second kappa shape index (κ2) is 14.9. The summed E-state index contributed by atoms with van der Waals surface area (Å²) in [7, 11) is 0. The third-order valence-corrected chi connectivity index (χ3v) is 6.97. The quantitative estimate of drug-likeness (QED) is 0.104. The summed E-state index contributed by atoms with van der Waals surface area (Å²) < 4.78 is 0. The number of aromatic amines is 2. The molecule has 0 aliphatic heterocycles. The van der Waals surface area contributed by atoms with Crippen LogP contribution in [0.15, 0.2) is 43.0 Å². The molecule has 0 fully saturated rings. The minimum absolute atomic E-state index is 0.0215. The lowest BCUT2D eigenvalue weighted by molar-refractivity contribution is -0.143. The van der Waals surface area contributed by atoms with Gasteiger partial charge in [-0.15, -0.1) is 0 Å². The van der Waals surface area contributed by atoms with Gasteiger partial charge in [-0.25, -0.2) is 9.78 Å². The number of benzene rings is 1. The molecule has 3 rings (SSSR count). The van der Waals surface area contributed by atoms with Crippen molar-refractivity contribution < 1.29 is 29.1 Å². The van der Waals surface area contributed by atoms with Crippen molar-refractivity contribution in [2.24, 2.45) is 11.5 Å². The monoisotopic (exact) mass is 586 g/mol. The van der Waals surface area contributed by atoms with Gasteiger partial charge in [-0.1, -0.05) is 18.2 Å². The molecule has 0 aliphatic rings. The van der Waals surface area contributed by atoms with Crippen LogP contribution in [-0.4, -0.2) is 85.8 Å². The van der Waals surface area contributed by atoms with Gasteiger partial charge in [0.15, 0.2) is 0 Å². The van der Waals surface area contributed by atoms with Crippen LogP contribution in [-0.2, 0) is 36.8 Å². The number of amides is 4. The molecule has 14 nitrogen and oxygen atoms in total. The van der Waals surface area contributed by atoms with Crippen molar-refractivity contribution in [3.05, 3.63) is 54.2 Å². The summed E-state index contributed by atoms with van der Waals surface area (Å²) in [5.41, 5.74) is 13.6. The SMILES string of the molecule is CSCCC(NC(=O)C(Cc1cnc[nH]1)NC(=O)C(N)Cc1c[nH]c2ccccc12)C(=O)NC(CC(N)=O)C(=O)O. The predicted octanol–water partition coefficient (Wildman–Crippen LogP) is -0.829. The van der Waals surface area contributed by atoms with Gasteiger partial charge in [-0.2, -0.15) is 11.8 Å². The highest BCUT2D eigenvalue weighted by Gasteiger charge is 2.31. The number of hydrogen-bond acceptors (Lipinski definition) is 8. The van der Waals surface area contributed by atoms with Crippen molar-refractivity contribution in [1.29, 1.82) is 0 Å². The van der Waals surface area contributed by atoms with Gasteiger partial charge in [0.25, 0.3) is 0 Å². The number of nitrogens with two attached hydrogens (primary N) is 2. The second-order valence-corrected chi connectivity index (χ2v) is 10.4. The fraction of sp³-hybridized carbons (Fsp3) is 0.385. The number of carboxylic acids is 1. The smallest absolute Gasteiger partial charge is 0.326 e. The van der Waals surface area contributed by atoms with Crippen LogP contribution >= 0.6 is 11.8 Å². The number of nitrogens with one attached hydrogen (secondary N) is 5. The van der Waals surface area contributed by atoms with E-state index in [0.717, 1.165) is 16.5 Å². The van der Waals surface area contributed by atoms with E-state index in [1.165, 1.54) is 24.3 Å². The fourth-order valence-electron chi connectivity index (χ4n) is 4.18. The van der Waals surface area contributed by atoms with E-state index in [-0.39, 0.29) is 19.3 Å². The van der Waals surface area contributed by atoms with Crippen LogP contribution in [0.3, 0.4) is 0 Å². The molecule has 41 heavy (non-hydrogen) atoms. The molecule has 220 valence electrons. The summed E-state index contributed by atoms with van der Waals surface area (Å²) in [4.78, 5) is 72.2. The first-order valence-electron chi connectivity index (χ1n) is 12.8. The van der Waals surface area contributed by atoms with Crippen LogP contribution in [0.5, 0.6) is 0 Å². The highest BCUT2D eigenvalue weighted by Crippen LogP contribution is 2.19. The second-order valence-electron chi connectivity index (χ2n) is 9.42. The molecular formula is C26H34N8O6S. The van der Waals surface area contributed by atoms with E-state index >= 15 is 0 Å². The zero-order chi connectivity index (χ0) is 29.9. The van der Waals surface area contributed by atoms with Crippen LogP contribution in [0.4, 0.5) is 0 Å². The van der Waals surface area contributed by atoms with E-state index in [1.54, 1.807) is 12.5 Å². The van der Waals surface area contributed by atoms with Gasteiger partial charge in [0.1, 0.15) is 18.1 Å². The summed E-state index contributed by atoms with van der Waals surface area (Å²) in [5, 5.41) is 17.8. The number of H-pyrrole nitrogens is 2. The summed E-state index contributed by atoms with van der Waals surface area (Å²) in [5.74, 6) is -3.96. The Labute approximate surface area is 239 Å². The number of aromatic nitrogens is 3. The molecule has 10 N–H and O–H groups in total. The molecule has 4 amide bonds. The van der Waals surface area contributed by atoms with Gasteiger partial charge in [0.2, 0.25) is 23.6 Å². The Hall–Kier alpha value is -4.37. The number of carbonyl (C=O) groups excluding carboxylic acids is 4. The van der Waals surface area contributed by atoms with Gasteiger partial charge in [0, 0.05) is 35.4 Å². The molecule has 0 bridgehead atoms. The van der Waals surface area contributed by atoms with Gasteiger partial charge < -0.3 is 42.5 Å². The highest BCUT2D eigenvalue weighted by molar-refractivity contribution is 7.98. The Morgan fingerprint density at radius 3 is 2.32 bits per heavy atom. The van der Waals surface area contributed by atoms with Gasteiger partial charge in [-0.05, 0) is 36.5 Å². The zero-order valence-electron chi connectivity index (χ0n) is 22.4. The molecule has 0 spiro atoms. The lowest BCUT2D eigenvalue weighted by atomic mass is 10.0. The molecule has 0 radical (unpaired) electrons. The number of aliphatic carboxylic acids is 1. The summed E-state index contributed by atoms with van der Waals surface area (Å²) in [6, 6.07) is 2.77. The molecule has 0 aliphatic carbocycles. The molecule has 0 saturated carbocycles. The zero-order valence-corrected chi connectivity index (χ0v) is 23.2. The van der Waals surface area contributed by atoms with E-state index in [2.05, 4.69) is 30.9 Å². The first-order valence-corrected chi connectivity index (χ1v) is 14.2. The minimum Gasteiger partial charge on any atom is -0.480 e.